The topological polar surface area (TPSA) is 55.5 Å². The Balaban J connectivity index is 2.04. The van der Waals surface area contributed by atoms with Crippen molar-refractivity contribution in [1.82, 2.24) is 0 Å². The number of benzene rings is 2. The summed E-state index contributed by atoms with van der Waals surface area (Å²) < 4.78 is 5.64. The predicted molar refractivity (Wildman–Crippen MR) is 76.1 cm³/mol. The molecule has 0 aliphatic heterocycles. The Morgan fingerprint density at radius 2 is 1.89 bits per heavy atom. The van der Waals surface area contributed by atoms with Crippen molar-refractivity contribution < 1.29 is 9.84 Å². The second-order valence-electron chi connectivity index (χ2n) is 4.51. The molecule has 3 nitrogen and oxygen atoms in total. The molecular weight excluding hydrogens is 238 g/mol. The van der Waals surface area contributed by atoms with Gasteiger partial charge in [0, 0.05) is 17.7 Å². The molecule has 0 aliphatic carbocycles. The van der Waals surface area contributed by atoms with E-state index in [4.69, 9.17) is 10.5 Å². The summed E-state index contributed by atoms with van der Waals surface area (Å²) in [5, 5.41) is 9.93. The van der Waals surface area contributed by atoms with Crippen LogP contribution in [0.2, 0.25) is 0 Å². The van der Waals surface area contributed by atoms with E-state index >= 15 is 0 Å². The first-order valence-corrected chi connectivity index (χ1v) is 6.46. The summed E-state index contributed by atoms with van der Waals surface area (Å²) in [5.74, 6) is 0.841. The number of hydrogen-bond acceptors (Lipinski definition) is 3. The molecule has 0 radical (unpaired) electrons. The van der Waals surface area contributed by atoms with Crippen molar-refractivity contribution in [2.75, 3.05) is 0 Å². The number of hydrogen-bond donors (Lipinski definition) is 2. The molecule has 0 spiro atoms. The van der Waals surface area contributed by atoms with E-state index in [1.165, 1.54) is 0 Å². The molecule has 0 aliphatic rings. The van der Waals surface area contributed by atoms with Gasteiger partial charge >= 0.3 is 0 Å². The van der Waals surface area contributed by atoms with E-state index in [1.807, 2.05) is 49.4 Å². The van der Waals surface area contributed by atoms with Crippen LogP contribution in [-0.2, 0) is 6.61 Å². The highest BCUT2D eigenvalue weighted by Crippen LogP contribution is 2.29. The van der Waals surface area contributed by atoms with Crippen molar-refractivity contribution in [2.24, 2.45) is 5.73 Å². The van der Waals surface area contributed by atoms with Gasteiger partial charge in [0.05, 0.1) is 0 Å². The minimum absolute atomic E-state index is 0.136. The average Bonchev–Trinajstić information content (AvgIpc) is 2.45. The second-order valence-corrected chi connectivity index (χ2v) is 4.51. The number of rotatable bonds is 5. The molecule has 0 aromatic heterocycles. The lowest BCUT2D eigenvalue weighted by Gasteiger charge is -2.13. The van der Waals surface area contributed by atoms with Gasteiger partial charge in [-0.3, -0.25) is 0 Å². The maximum absolute atomic E-state index is 9.93. The zero-order valence-electron chi connectivity index (χ0n) is 11.0. The van der Waals surface area contributed by atoms with Crippen molar-refractivity contribution in [3.63, 3.8) is 0 Å². The third-order valence-corrected chi connectivity index (χ3v) is 3.09. The quantitative estimate of drug-likeness (QED) is 0.863. The largest absolute Gasteiger partial charge is 0.507 e. The fraction of sp³-hybridized carbons (Fsp3) is 0.250. The third kappa shape index (κ3) is 3.48. The monoisotopic (exact) mass is 257 g/mol. The van der Waals surface area contributed by atoms with Crippen molar-refractivity contribution in [3.05, 3.63) is 59.7 Å². The summed E-state index contributed by atoms with van der Waals surface area (Å²) in [6.07, 6.45) is 0.789. The SMILES string of the molecule is CC[C@@H](N)c1ccc(OCc2ccccc2)cc1O. The molecule has 3 N–H and O–H groups in total. The average molecular weight is 257 g/mol. The summed E-state index contributed by atoms with van der Waals surface area (Å²) in [6, 6.07) is 15.1. The van der Waals surface area contributed by atoms with Gasteiger partial charge in [-0.2, -0.15) is 0 Å². The van der Waals surface area contributed by atoms with Crippen LogP contribution >= 0.6 is 0 Å². The molecule has 0 saturated carbocycles. The molecule has 19 heavy (non-hydrogen) atoms. The summed E-state index contributed by atoms with van der Waals surface area (Å²) in [7, 11) is 0. The zero-order valence-corrected chi connectivity index (χ0v) is 11.0. The first kappa shape index (κ1) is 13.4. The maximum Gasteiger partial charge on any atom is 0.124 e. The van der Waals surface area contributed by atoms with E-state index in [0.29, 0.717) is 12.4 Å². The maximum atomic E-state index is 9.93. The highest BCUT2D eigenvalue weighted by molar-refractivity contribution is 5.41. The van der Waals surface area contributed by atoms with Gasteiger partial charge in [0.25, 0.3) is 0 Å². The molecule has 0 heterocycles. The molecule has 1 atom stereocenters. The van der Waals surface area contributed by atoms with Gasteiger partial charge in [-0.15, -0.1) is 0 Å². The number of aromatic hydroxyl groups is 1. The summed E-state index contributed by atoms with van der Waals surface area (Å²) >= 11 is 0. The van der Waals surface area contributed by atoms with E-state index in [1.54, 1.807) is 6.07 Å². The van der Waals surface area contributed by atoms with Gasteiger partial charge in [0.15, 0.2) is 0 Å². The van der Waals surface area contributed by atoms with Gasteiger partial charge in [-0.1, -0.05) is 43.3 Å². The van der Waals surface area contributed by atoms with Gasteiger partial charge in [-0.05, 0) is 18.1 Å². The standard InChI is InChI=1S/C16H19NO2/c1-2-15(17)14-9-8-13(10-16(14)18)19-11-12-6-4-3-5-7-12/h3-10,15,18H,2,11,17H2,1H3/t15-/m1/s1. The van der Waals surface area contributed by atoms with Crippen LogP contribution in [0.25, 0.3) is 0 Å². The molecule has 0 saturated heterocycles. The smallest absolute Gasteiger partial charge is 0.124 e. The van der Waals surface area contributed by atoms with Gasteiger partial charge in [0.1, 0.15) is 18.1 Å². The third-order valence-electron chi connectivity index (χ3n) is 3.09. The fourth-order valence-electron chi connectivity index (χ4n) is 1.89. The van der Waals surface area contributed by atoms with Crippen molar-refractivity contribution >= 4 is 0 Å². The lowest BCUT2D eigenvalue weighted by atomic mass is 10.0. The second kappa shape index (κ2) is 6.25. The molecular formula is C16H19NO2. The van der Waals surface area contributed by atoms with Gasteiger partial charge in [0.2, 0.25) is 0 Å². The lowest BCUT2D eigenvalue weighted by molar-refractivity contribution is 0.304. The first-order chi connectivity index (χ1) is 9.20. The Morgan fingerprint density at radius 3 is 2.53 bits per heavy atom. The molecule has 3 heteroatoms. The summed E-state index contributed by atoms with van der Waals surface area (Å²) in [4.78, 5) is 0. The van der Waals surface area contributed by atoms with E-state index in [0.717, 1.165) is 17.5 Å². The molecule has 2 aromatic rings. The van der Waals surface area contributed by atoms with E-state index in [9.17, 15) is 5.11 Å². The van der Waals surface area contributed by atoms with Crippen LogP contribution in [0.5, 0.6) is 11.5 Å². The highest BCUT2D eigenvalue weighted by Gasteiger charge is 2.09. The van der Waals surface area contributed by atoms with E-state index in [2.05, 4.69) is 0 Å². The fourth-order valence-corrected chi connectivity index (χ4v) is 1.89. The predicted octanol–water partition coefficient (Wildman–Crippen LogP) is 3.38. The molecule has 0 amide bonds. The Morgan fingerprint density at radius 1 is 1.16 bits per heavy atom. The summed E-state index contributed by atoms with van der Waals surface area (Å²) in [6.45, 7) is 2.48. The Hall–Kier alpha value is -2.00. The van der Waals surface area contributed by atoms with Crippen LogP contribution in [0.4, 0.5) is 0 Å². The van der Waals surface area contributed by atoms with E-state index in [-0.39, 0.29) is 11.8 Å². The normalized spacial score (nSPS) is 12.1. The number of ether oxygens (including phenoxy) is 1. The van der Waals surface area contributed by atoms with Crippen LogP contribution in [0, 0.1) is 0 Å². The minimum Gasteiger partial charge on any atom is -0.507 e. The first-order valence-electron chi connectivity index (χ1n) is 6.46. The lowest BCUT2D eigenvalue weighted by Crippen LogP contribution is -2.08. The number of nitrogens with two attached hydrogens (primary N) is 1. The van der Waals surface area contributed by atoms with Crippen LogP contribution in [0.15, 0.2) is 48.5 Å². The number of phenols is 1. The molecule has 2 aromatic carbocycles. The van der Waals surface area contributed by atoms with Gasteiger partial charge < -0.3 is 15.6 Å². The van der Waals surface area contributed by atoms with E-state index < -0.39 is 0 Å². The Kier molecular flexibility index (Phi) is 4.42. The summed E-state index contributed by atoms with van der Waals surface area (Å²) in [5.41, 5.74) is 7.76. The van der Waals surface area contributed by atoms with Crippen LogP contribution in [-0.4, -0.2) is 5.11 Å². The zero-order chi connectivity index (χ0) is 13.7. The highest BCUT2D eigenvalue weighted by atomic mass is 16.5. The van der Waals surface area contributed by atoms with Crippen LogP contribution < -0.4 is 10.5 Å². The van der Waals surface area contributed by atoms with Crippen molar-refractivity contribution in [3.8, 4) is 11.5 Å². The van der Waals surface area contributed by atoms with Crippen LogP contribution in [0.3, 0.4) is 0 Å². The molecule has 0 fully saturated rings. The molecule has 100 valence electrons. The molecule has 0 unspecified atom stereocenters. The van der Waals surface area contributed by atoms with Crippen molar-refractivity contribution in [1.29, 1.82) is 0 Å². The van der Waals surface area contributed by atoms with Gasteiger partial charge in [-0.25, -0.2) is 0 Å². The molecule has 2 rings (SSSR count). The van der Waals surface area contributed by atoms with Crippen molar-refractivity contribution in [2.45, 2.75) is 26.0 Å². The molecule has 0 bridgehead atoms. The Bertz CT molecular complexity index is 526. The number of phenolic OH excluding ortho intramolecular Hbond substituents is 1. The minimum atomic E-state index is -0.136. The van der Waals surface area contributed by atoms with Crippen LogP contribution in [0.1, 0.15) is 30.5 Å². The Labute approximate surface area is 113 Å².